The van der Waals surface area contributed by atoms with Crippen LogP contribution in [0, 0.1) is 0 Å². The largest absolute Gasteiger partial charge is 0.479 e. The second-order valence-corrected chi connectivity index (χ2v) is 1.09. The molecule has 0 saturated heterocycles. The van der Waals surface area contributed by atoms with Gasteiger partial charge in [-0.1, -0.05) is 0 Å². The molecule has 0 heterocycles. The Labute approximate surface area is 52.7 Å². The van der Waals surface area contributed by atoms with Crippen molar-refractivity contribution in [1.82, 2.24) is 0 Å². The van der Waals surface area contributed by atoms with Crippen LogP contribution in [0.3, 0.4) is 0 Å². The number of aliphatic carboxylic acids is 1. The number of aliphatic hydroxyl groups is 1. The summed E-state index contributed by atoms with van der Waals surface area (Å²) in [6.45, 7) is -0.227. The molecule has 4 N–H and O–H groups in total. The predicted octanol–water partition coefficient (Wildman–Crippen LogP) is -1.19. The highest BCUT2D eigenvalue weighted by Gasteiger charge is 2.07. The van der Waals surface area contributed by atoms with Crippen LogP contribution in [0.5, 0.6) is 0 Å². The van der Waals surface area contributed by atoms with Crippen LogP contribution in [0.15, 0.2) is 0 Å². The molecule has 0 fully saturated rings. The van der Waals surface area contributed by atoms with Gasteiger partial charge in [-0.25, -0.2) is 4.79 Å². The first-order valence-corrected chi connectivity index (χ1v) is 1.79. The number of aliphatic hydroxyl groups excluding tert-OH is 1. The van der Waals surface area contributed by atoms with Gasteiger partial charge in [-0.05, 0) is 0 Å². The van der Waals surface area contributed by atoms with Gasteiger partial charge in [0.25, 0.3) is 0 Å². The molecule has 0 rings (SSSR count). The standard InChI is InChI=1S/C3H7NO3.ClH/c4-1-2(5)3(6)7;/h2,5H,1,4H2,(H,6,7);1H. The Hall–Kier alpha value is -0.320. The maximum Gasteiger partial charge on any atom is 0.333 e. The minimum atomic E-state index is -1.40. The van der Waals surface area contributed by atoms with Crippen LogP contribution in [0.2, 0.25) is 0 Å². The van der Waals surface area contributed by atoms with E-state index in [1.165, 1.54) is 0 Å². The second kappa shape index (κ2) is 4.83. The number of carboxylic acid groups (broad SMARTS) is 1. The van der Waals surface area contributed by atoms with Crippen LogP contribution in [0.25, 0.3) is 0 Å². The molecule has 0 aromatic rings. The average molecular weight is 142 g/mol. The summed E-state index contributed by atoms with van der Waals surface area (Å²) in [6, 6.07) is 0. The number of hydrogen-bond donors (Lipinski definition) is 3. The Kier molecular flexibility index (Phi) is 6.41. The van der Waals surface area contributed by atoms with Crippen LogP contribution in [-0.2, 0) is 4.79 Å². The van der Waals surface area contributed by atoms with Crippen LogP contribution in [-0.4, -0.2) is 28.8 Å². The molecule has 0 aliphatic carbocycles. The van der Waals surface area contributed by atoms with Crippen molar-refractivity contribution in [2.24, 2.45) is 5.73 Å². The van der Waals surface area contributed by atoms with Gasteiger partial charge in [-0.3, -0.25) is 0 Å². The number of carboxylic acids is 1. The molecule has 1 atom stereocenters. The molecule has 0 aromatic carbocycles. The Balaban J connectivity index is 0. The molecule has 0 aliphatic rings. The van der Waals surface area contributed by atoms with Crippen LogP contribution < -0.4 is 5.73 Å². The third-order valence-corrected chi connectivity index (χ3v) is 0.508. The molecule has 50 valence electrons. The first-order valence-electron chi connectivity index (χ1n) is 1.79. The zero-order valence-corrected chi connectivity index (χ0v) is 4.89. The molecule has 0 amide bonds. The average Bonchev–Trinajstić information content (AvgIpc) is 1.65. The van der Waals surface area contributed by atoms with E-state index in [1.54, 1.807) is 0 Å². The molecule has 0 bridgehead atoms. The summed E-state index contributed by atoms with van der Waals surface area (Å²) >= 11 is 0. The van der Waals surface area contributed by atoms with E-state index in [0.717, 1.165) is 0 Å². The van der Waals surface area contributed by atoms with E-state index in [9.17, 15) is 4.79 Å². The van der Waals surface area contributed by atoms with Crippen molar-refractivity contribution in [2.75, 3.05) is 6.54 Å². The zero-order chi connectivity index (χ0) is 5.86. The van der Waals surface area contributed by atoms with Gasteiger partial charge in [-0.15, -0.1) is 12.4 Å². The maximum atomic E-state index is 9.60. The molecule has 0 aliphatic heterocycles. The van der Waals surface area contributed by atoms with Gasteiger partial charge in [0, 0.05) is 6.54 Å². The minimum absolute atomic E-state index is 0. The lowest BCUT2D eigenvalue weighted by Gasteiger charge is -1.96. The van der Waals surface area contributed by atoms with Gasteiger partial charge < -0.3 is 15.9 Å². The summed E-state index contributed by atoms with van der Waals surface area (Å²) in [6.07, 6.45) is -1.40. The lowest BCUT2D eigenvalue weighted by molar-refractivity contribution is -0.145. The van der Waals surface area contributed by atoms with Crippen molar-refractivity contribution >= 4 is 18.4 Å². The van der Waals surface area contributed by atoms with Crippen LogP contribution >= 0.6 is 12.4 Å². The van der Waals surface area contributed by atoms with E-state index in [4.69, 9.17) is 15.9 Å². The van der Waals surface area contributed by atoms with Crippen molar-refractivity contribution in [3.8, 4) is 0 Å². The summed E-state index contributed by atoms with van der Waals surface area (Å²) in [5.74, 6) is -1.28. The van der Waals surface area contributed by atoms with Crippen molar-refractivity contribution in [3.05, 3.63) is 0 Å². The fourth-order valence-electron chi connectivity index (χ4n) is 0.101. The van der Waals surface area contributed by atoms with E-state index in [2.05, 4.69) is 0 Å². The van der Waals surface area contributed by atoms with Gasteiger partial charge >= 0.3 is 5.97 Å². The van der Waals surface area contributed by atoms with E-state index >= 15 is 0 Å². The van der Waals surface area contributed by atoms with Crippen molar-refractivity contribution in [3.63, 3.8) is 0 Å². The van der Waals surface area contributed by atoms with Gasteiger partial charge in [0.1, 0.15) is 0 Å². The SMILES string of the molecule is Cl.NCC(O)C(=O)O. The molecule has 0 radical (unpaired) electrons. The summed E-state index contributed by atoms with van der Waals surface area (Å²) < 4.78 is 0. The first kappa shape index (κ1) is 10.6. The predicted molar refractivity (Wildman–Crippen MR) is 29.9 cm³/mol. The third kappa shape index (κ3) is 3.86. The van der Waals surface area contributed by atoms with Gasteiger partial charge in [0.15, 0.2) is 6.10 Å². The van der Waals surface area contributed by atoms with Crippen LogP contribution in [0.1, 0.15) is 0 Å². The zero-order valence-electron chi connectivity index (χ0n) is 4.07. The Morgan fingerprint density at radius 2 is 2.12 bits per heavy atom. The first-order chi connectivity index (χ1) is 3.18. The lowest BCUT2D eigenvalue weighted by Crippen LogP contribution is -2.28. The molecule has 0 aromatic heterocycles. The molecule has 0 spiro atoms. The summed E-state index contributed by atoms with van der Waals surface area (Å²) in [7, 11) is 0. The summed E-state index contributed by atoms with van der Waals surface area (Å²) in [5, 5.41) is 16.1. The lowest BCUT2D eigenvalue weighted by atomic mass is 10.4. The van der Waals surface area contributed by atoms with E-state index in [-0.39, 0.29) is 19.0 Å². The topological polar surface area (TPSA) is 83.5 Å². The minimum Gasteiger partial charge on any atom is -0.479 e. The highest BCUT2D eigenvalue weighted by Crippen LogP contribution is 1.73. The highest BCUT2D eigenvalue weighted by molar-refractivity contribution is 5.85. The normalized spacial score (nSPS) is 11.8. The third-order valence-electron chi connectivity index (χ3n) is 0.508. The highest BCUT2D eigenvalue weighted by atomic mass is 35.5. The van der Waals surface area contributed by atoms with Gasteiger partial charge in [0.2, 0.25) is 0 Å². The number of rotatable bonds is 2. The Morgan fingerprint density at radius 3 is 2.12 bits per heavy atom. The number of nitrogens with two attached hydrogens (primary N) is 1. The van der Waals surface area contributed by atoms with Gasteiger partial charge in [0.05, 0.1) is 0 Å². The fourth-order valence-corrected chi connectivity index (χ4v) is 0.101. The van der Waals surface area contributed by atoms with Gasteiger partial charge in [-0.2, -0.15) is 0 Å². The maximum absolute atomic E-state index is 9.60. The molecule has 5 heteroatoms. The summed E-state index contributed by atoms with van der Waals surface area (Å²) in [5.41, 5.74) is 4.74. The molecular weight excluding hydrogens is 133 g/mol. The summed E-state index contributed by atoms with van der Waals surface area (Å²) in [4.78, 5) is 9.60. The molecule has 1 unspecified atom stereocenters. The van der Waals surface area contributed by atoms with E-state index < -0.39 is 12.1 Å². The van der Waals surface area contributed by atoms with E-state index in [1.807, 2.05) is 0 Å². The second-order valence-electron chi connectivity index (χ2n) is 1.09. The smallest absolute Gasteiger partial charge is 0.333 e. The number of carbonyl (C=O) groups is 1. The van der Waals surface area contributed by atoms with E-state index in [0.29, 0.717) is 0 Å². The fraction of sp³-hybridized carbons (Fsp3) is 0.667. The Bertz CT molecular complexity index is 76.9. The number of halogens is 1. The molecule has 4 nitrogen and oxygen atoms in total. The quantitative estimate of drug-likeness (QED) is 0.452. The van der Waals surface area contributed by atoms with Crippen molar-refractivity contribution in [1.29, 1.82) is 0 Å². The van der Waals surface area contributed by atoms with Crippen molar-refractivity contribution < 1.29 is 15.0 Å². The van der Waals surface area contributed by atoms with Crippen LogP contribution in [0.4, 0.5) is 0 Å². The molecule has 8 heavy (non-hydrogen) atoms. The number of hydrogen-bond acceptors (Lipinski definition) is 3. The molecule has 0 saturated carbocycles. The monoisotopic (exact) mass is 141 g/mol. The van der Waals surface area contributed by atoms with Crippen molar-refractivity contribution in [2.45, 2.75) is 6.10 Å². The molecular formula is C3H8ClNO3. The Morgan fingerprint density at radius 1 is 1.75 bits per heavy atom.